The Hall–Kier alpha value is -2.32. The summed E-state index contributed by atoms with van der Waals surface area (Å²) in [6, 6.07) is 8.66. The summed E-state index contributed by atoms with van der Waals surface area (Å²) in [7, 11) is 0. The number of hydrogen-bond acceptors (Lipinski definition) is 4. The Kier molecular flexibility index (Phi) is 3.60. The molecule has 0 amide bonds. The molecule has 0 unspecified atom stereocenters. The van der Waals surface area contributed by atoms with Crippen molar-refractivity contribution in [3.8, 4) is 11.8 Å². The Morgan fingerprint density at radius 2 is 2.33 bits per heavy atom. The van der Waals surface area contributed by atoms with Crippen LogP contribution in [0.5, 0.6) is 5.75 Å². The molecule has 0 atom stereocenters. The maximum atomic E-state index is 11.4. The van der Waals surface area contributed by atoms with Crippen molar-refractivity contribution in [1.82, 2.24) is 9.55 Å². The van der Waals surface area contributed by atoms with Crippen LogP contribution in [0.25, 0.3) is 0 Å². The number of hydrogen-bond donors (Lipinski definition) is 0. The molecule has 0 radical (unpaired) electrons. The lowest BCUT2D eigenvalue weighted by atomic mass is 10.2. The van der Waals surface area contributed by atoms with Crippen LogP contribution >= 0.6 is 11.6 Å². The van der Waals surface area contributed by atoms with Crippen molar-refractivity contribution in [1.29, 1.82) is 5.26 Å². The van der Waals surface area contributed by atoms with Gasteiger partial charge in [0.15, 0.2) is 6.73 Å². The molecule has 0 fully saturated rings. The Bertz CT molecular complexity index is 661. The van der Waals surface area contributed by atoms with E-state index in [-0.39, 0.29) is 6.73 Å². The largest absolute Gasteiger partial charge is 0.473 e. The van der Waals surface area contributed by atoms with Gasteiger partial charge in [0.25, 0.3) is 0 Å². The molecule has 90 valence electrons. The number of nitrogens with zero attached hydrogens (tertiary/aromatic N) is 3. The molecular formula is C12H8ClN3O2. The molecular weight excluding hydrogens is 254 g/mol. The molecule has 0 aliphatic carbocycles. The highest BCUT2D eigenvalue weighted by Crippen LogP contribution is 2.13. The lowest BCUT2D eigenvalue weighted by Gasteiger charge is -2.08. The highest BCUT2D eigenvalue weighted by molar-refractivity contribution is 6.30. The molecule has 1 aromatic heterocycles. The number of benzene rings is 1. The summed E-state index contributed by atoms with van der Waals surface area (Å²) in [5, 5.41) is 9.09. The fourth-order valence-corrected chi connectivity index (χ4v) is 1.49. The number of rotatable bonds is 3. The first-order valence-electron chi connectivity index (χ1n) is 5.04. The summed E-state index contributed by atoms with van der Waals surface area (Å²) in [5.41, 5.74) is 0.0416. The monoisotopic (exact) mass is 261 g/mol. The summed E-state index contributed by atoms with van der Waals surface area (Å²) < 4.78 is 6.62. The first kappa shape index (κ1) is 12.1. The number of halogens is 1. The van der Waals surface area contributed by atoms with Crippen molar-refractivity contribution < 1.29 is 4.74 Å². The van der Waals surface area contributed by atoms with E-state index in [9.17, 15) is 4.79 Å². The molecule has 0 saturated heterocycles. The van der Waals surface area contributed by atoms with Crippen molar-refractivity contribution in [2.24, 2.45) is 0 Å². The summed E-state index contributed by atoms with van der Waals surface area (Å²) in [6.45, 7) is -0.0126. The first-order chi connectivity index (χ1) is 8.69. The van der Waals surface area contributed by atoms with Gasteiger partial charge in [0.2, 0.25) is 0 Å². The zero-order valence-electron chi connectivity index (χ0n) is 9.21. The Balaban J connectivity index is 2.14. The summed E-state index contributed by atoms with van der Waals surface area (Å²) >= 11 is 5.73. The van der Waals surface area contributed by atoms with Crippen LogP contribution in [0.15, 0.2) is 41.5 Å². The maximum absolute atomic E-state index is 11.4. The number of nitriles is 1. The molecule has 1 heterocycles. The van der Waals surface area contributed by atoms with E-state index in [0.717, 1.165) is 0 Å². The van der Waals surface area contributed by atoms with E-state index in [2.05, 4.69) is 4.98 Å². The standard InChI is InChI=1S/C12H8ClN3O2/c13-10-6-15-12(17)16(7-10)8-18-11-3-1-2-9(4-11)5-14/h1-4,6-7H,8H2. The molecule has 5 nitrogen and oxygen atoms in total. The Morgan fingerprint density at radius 1 is 1.50 bits per heavy atom. The molecule has 0 bridgehead atoms. The van der Waals surface area contributed by atoms with Gasteiger partial charge in [0.05, 0.1) is 22.9 Å². The fraction of sp³-hybridized carbons (Fsp3) is 0.0833. The summed E-state index contributed by atoms with van der Waals surface area (Å²) in [6.07, 6.45) is 2.71. The zero-order chi connectivity index (χ0) is 13.0. The highest BCUT2D eigenvalue weighted by Gasteiger charge is 2.00. The van der Waals surface area contributed by atoms with Crippen LogP contribution < -0.4 is 10.4 Å². The summed E-state index contributed by atoms with van der Waals surface area (Å²) in [4.78, 5) is 14.9. The molecule has 2 rings (SSSR count). The highest BCUT2D eigenvalue weighted by atomic mass is 35.5. The van der Waals surface area contributed by atoms with Gasteiger partial charge in [-0.05, 0) is 18.2 Å². The van der Waals surface area contributed by atoms with E-state index < -0.39 is 5.69 Å². The minimum Gasteiger partial charge on any atom is -0.473 e. The van der Waals surface area contributed by atoms with Gasteiger partial charge in [-0.1, -0.05) is 17.7 Å². The second-order valence-corrected chi connectivity index (χ2v) is 3.87. The fourth-order valence-electron chi connectivity index (χ4n) is 1.32. The van der Waals surface area contributed by atoms with Crippen LogP contribution in [-0.4, -0.2) is 9.55 Å². The van der Waals surface area contributed by atoms with Gasteiger partial charge in [0.1, 0.15) is 5.75 Å². The number of aromatic nitrogens is 2. The Morgan fingerprint density at radius 3 is 3.11 bits per heavy atom. The van der Waals surface area contributed by atoms with E-state index in [0.29, 0.717) is 16.3 Å². The average Bonchev–Trinajstić information content (AvgIpc) is 2.40. The minimum atomic E-state index is -0.448. The third-order valence-electron chi connectivity index (χ3n) is 2.16. The average molecular weight is 262 g/mol. The van der Waals surface area contributed by atoms with Crippen LogP contribution in [0.3, 0.4) is 0 Å². The van der Waals surface area contributed by atoms with Crippen LogP contribution in [0, 0.1) is 11.3 Å². The predicted octanol–water partition coefficient (Wildman–Crippen LogP) is 1.80. The second kappa shape index (κ2) is 5.34. The van der Waals surface area contributed by atoms with E-state index in [1.807, 2.05) is 6.07 Å². The van der Waals surface area contributed by atoms with Crippen molar-refractivity contribution in [3.05, 3.63) is 57.7 Å². The molecule has 6 heteroatoms. The van der Waals surface area contributed by atoms with E-state index in [1.54, 1.807) is 24.3 Å². The molecule has 0 aliphatic heterocycles. The zero-order valence-corrected chi connectivity index (χ0v) is 9.96. The first-order valence-corrected chi connectivity index (χ1v) is 5.42. The molecule has 2 aromatic rings. The van der Waals surface area contributed by atoms with Crippen molar-refractivity contribution in [3.63, 3.8) is 0 Å². The second-order valence-electron chi connectivity index (χ2n) is 3.44. The van der Waals surface area contributed by atoms with Crippen LogP contribution in [-0.2, 0) is 6.73 Å². The Labute approximate surface area is 108 Å². The van der Waals surface area contributed by atoms with Gasteiger partial charge in [-0.2, -0.15) is 10.2 Å². The van der Waals surface area contributed by atoms with Gasteiger partial charge in [0, 0.05) is 6.20 Å². The number of ether oxygens (including phenoxy) is 1. The molecule has 0 spiro atoms. The summed E-state index contributed by atoms with van der Waals surface area (Å²) in [5.74, 6) is 0.501. The maximum Gasteiger partial charge on any atom is 0.350 e. The molecule has 0 saturated carbocycles. The predicted molar refractivity (Wildman–Crippen MR) is 65.3 cm³/mol. The van der Waals surface area contributed by atoms with Gasteiger partial charge in [-0.3, -0.25) is 4.57 Å². The quantitative estimate of drug-likeness (QED) is 0.845. The smallest absolute Gasteiger partial charge is 0.350 e. The van der Waals surface area contributed by atoms with Crippen molar-refractivity contribution in [2.75, 3.05) is 0 Å². The lowest BCUT2D eigenvalue weighted by molar-refractivity contribution is 0.230. The molecule has 0 N–H and O–H groups in total. The minimum absolute atomic E-state index is 0.0126. The van der Waals surface area contributed by atoms with Gasteiger partial charge >= 0.3 is 5.69 Å². The van der Waals surface area contributed by atoms with Crippen LogP contribution in [0.4, 0.5) is 0 Å². The van der Waals surface area contributed by atoms with Gasteiger partial charge < -0.3 is 4.74 Å². The molecule has 18 heavy (non-hydrogen) atoms. The van der Waals surface area contributed by atoms with Gasteiger partial charge in [-0.15, -0.1) is 0 Å². The van der Waals surface area contributed by atoms with Gasteiger partial charge in [-0.25, -0.2) is 4.79 Å². The SMILES string of the molecule is N#Cc1cccc(OCn2cc(Cl)cnc2=O)c1. The molecule has 1 aromatic carbocycles. The van der Waals surface area contributed by atoms with E-state index >= 15 is 0 Å². The third kappa shape index (κ3) is 2.87. The third-order valence-corrected chi connectivity index (χ3v) is 2.35. The van der Waals surface area contributed by atoms with E-state index in [4.69, 9.17) is 21.6 Å². The normalized spacial score (nSPS) is 9.78. The van der Waals surface area contributed by atoms with Crippen molar-refractivity contribution in [2.45, 2.75) is 6.73 Å². The van der Waals surface area contributed by atoms with Crippen LogP contribution in [0.2, 0.25) is 5.02 Å². The lowest BCUT2D eigenvalue weighted by Crippen LogP contribution is -2.24. The van der Waals surface area contributed by atoms with Crippen molar-refractivity contribution >= 4 is 11.6 Å². The molecule has 0 aliphatic rings. The topological polar surface area (TPSA) is 67.9 Å². The van der Waals surface area contributed by atoms with E-state index in [1.165, 1.54) is 17.0 Å². The van der Waals surface area contributed by atoms with Crippen LogP contribution in [0.1, 0.15) is 5.56 Å².